The lowest BCUT2D eigenvalue weighted by Gasteiger charge is -2.40. The number of fused-ring (bicyclic) bond motifs is 1. The van der Waals surface area contributed by atoms with Crippen molar-refractivity contribution in [2.24, 2.45) is 11.3 Å². The fraction of sp³-hybridized carbons (Fsp3) is 0.515. The molecular formula is C33H42N4O2. The van der Waals surface area contributed by atoms with Crippen LogP contribution in [0.1, 0.15) is 76.0 Å². The molecule has 6 nitrogen and oxygen atoms in total. The fourth-order valence-corrected chi connectivity index (χ4v) is 7.44. The number of aromatic nitrogens is 1. The second-order valence-corrected chi connectivity index (χ2v) is 12.9. The molecule has 2 N–H and O–H groups in total. The monoisotopic (exact) mass is 526 g/mol. The third-order valence-electron chi connectivity index (χ3n) is 9.84. The molecule has 0 aliphatic heterocycles. The third kappa shape index (κ3) is 4.42. The summed E-state index contributed by atoms with van der Waals surface area (Å²) in [6, 6.07) is 16.6. The maximum absolute atomic E-state index is 14.2. The van der Waals surface area contributed by atoms with Gasteiger partial charge in [0.25, 0.3) is 0 Å². The molecule has 3 saturated carbocycles. The van der Waals surface area contributed by atoms with E-state index in [2.05, 4.69) is 60.2 Å². The first-order valence-corrected chi connectivity index (χ1v) is 14.6. The van der Waals surface area contributed by atoms with Crippen LogP contribution in [-0.2, 0) is 9.59 Å². The number of aromatic amines is 1. The first-order chi connectivity index (χ1) is 18.6. The van der Waals surface area contributed by atoms with Gasteiger partial charge in [0, 0.05) is 54.5 Å². The summed E-state index contributed by atoms with van der Waals surface area (Å²) in [6.45, 7) is 6.75. The number of benzene rings is 2. The number of amides is 2. The maximum Gasteiger partial charge on any atom is 0.250 e. The maximum atomic E-state index is 14.2. The highest BCUT2D eigenvalue weighted by molar-refractivity contribution is 6.01. The van der Waals surface area contributed by atoms with Crippen molar-refractivity contribution in [3.8, 4) is 0 Å². The van der Waals surface area contributed by atoms with E-state index in [1.54, 1.807) is 0 Å². The van der Waals surface area contributed by atoms with Crippen molar-refractivity contribution in [2.45, 2.75) is 83.2 Å². The molecule has 2 aromatic carbocycles. The summed E-state index contributed by atoms with van der Waals surface area (Å²) in [6.07, 6.45) is 5.95. The lowest BCUT2D eigenvalue weighted by atomic mass is 9.91. The smallest absolute Gasteiger partial charge is 0.250 e. The SMILES string of the molecule is Cc1[nH]c2ccccc2c1[C@H]1[C@@H](CC(=O)N(C2CC2)C2(C(=O)Nc3ccc(N(C)C)cc3)CCCC2)C1(C)C. The van der Waals surface area contributed by atoms with Crippen molar-refractivity contribution in [3.05, 3.63) is 59.8 Å². The van der Waals surface area contributed by atoms with Crippen LogP contribution in [0.3, 0.4) is 0 Å². The second-order valence-electron chi connectivity index (χ2n) is 12.9. The molecule has 0 bridgehead atoms. The Kier molecular flexibility index (Phi) is 6.28. The van der Waals surface area contributed by atoms with Crippen LogP contribution in [0.25, 0.3) is 10.9 Å². The van der Waals surface area contributed by atoms with Crippen molar-refractivity contribution in [1.29, 1.82) is 0 Å². The zero-order chi connectivity index (χ0) is 27.5. The van der Waals surface area contributed by atoms with Gasteiger partial charge >= 0.3 is 0 Å². The molecule has 1 heterocycles. The van der Waals surface area contributed by atoms with Gasteiger partial charge in [-0.2, -0.15) is 0 Å². The van der Waals surface area contributed by atoms with E-state index in [1.165, 1.54) is 16.6 Å². The fourth-order valence-electron chi connectivity index (χ4n) is 7.44. The standard InChI is InChI=1S/C33H42N4O2/c1-21-29(25-10-6-7-11-27(25)34-21)30-26(32(30,2)3)20-28(38)37(24-16-17-24)33(18-8-9-19-33)31(39)35-22-12-14-23(15-13-22)36(4)5/h6-7,10-15,24,26,30,34H,8-9,16-20H2,1-5H3,(H,35,39)/t26-,30-/m1/s1. The van der Waals surface area contributed by atoms with Crippen LogP contribution in [0.4, 0.5) is 11.4 Å². The Labute approximate surface area is 232 Å². The molecule has 0 saturated heterocycles. The molecule has 39 heavy (non-hydrogen) atoms. The lowest BCUT2D eigenvalue weighted by molar-refractivity contribution is -0.146. The summed E-state index contributed by atoms with van der Waals surface area (Å²) in [5, 5.41) is 4.47. The molecule has 2 atom stereocenters. The molecule has 0 radical (unpaired) electrons. The topological polar surface area (TPSA) is 68.4 Å². The summed E-state index contributed by atoms with van der Waals surface area (Å²) >= 11 is 0. The van der Waals surface area contributed by atoms with Gasteiger partial charge in [-0.25, -0.2) is 0 Å². The highest BCUT2D eigenvalue weighted by Gasteiger charge is 2.61. The minimum absolute atomic E-state index is 0.0167. The summed E-state index contributed by atoms with van der Waals surface area (Å²) in [4.78, 5) is 35.9. The predicted molar refractivity (Wildman–Crippen MR) is 158 cm³/mol. The van der Waals surface area contributed by atoms with Gasteiger partial charge < -0.3 is 20.1 Å². The van der Waals surface area contributed by atoms with Crippen LogP contribution < -0.4 is 10.2 Å². The van der Waals surface area contributed by atoms with Crippen molar-refractivity contribution in [2.75, 3.05) is 24.3 Å². The van der Waals surface area contributed by atoms with Crippen LogP contribution in [0.15, 0.2) is 48.5 Å². The van der Waals surface area contributed by atoms with Crippen molar-refractivity contribution in [3.63, 3.8) is 0 Å². The largest absolute Gasteiger partial charge is 0.378 e. The van der Waals surface area contributed by atoms with E-state index >= 15 is 0 Å². The molecule has 3 aliphatic rings. The number of anilines is 2. The number of aryl methyl sites for hydroxylation is 1. The molecule has 3 aromatic rings. The molecule has 0 spiro atoms. The van der Waals surface area contributed by atoms with Gasteiger partial charge in [0.2, 0.25) is 11.8 Å². The van der Waals surface area contributed by atoms with E-state index in [1.807, 2.05) is 43.3 Å². The van der Waals surface area contributed by atoms with Gasteiger partial charge in [0.05, 0.1) is 0 Å². The highest BCUT2D eigenvalue weighted by atomic mass is 16.2. The summed E-state index contributed by atoms with van der Waals surface area (Å²) < 4.78 is 0. The molecule has 6 rings (SSSR count). The van der Waals surface area contributed by atoms with E-state index in [0.29, 0.717) is 12.3 Å². The average Bonchev–Trinajstić information content (AvgIpc) is 3.68. The van der Waals surface area contributed by atoms with E-state index in [0.717, 1.165) is 55.4 Å². The van der Waals surface area contributed by atoms with Crippen molar-refractivity contribution >= 4 is 34.1 Å². The number of carbonyl (C=O) groups is 2. The number of hydrogen-bond donors (Lipinski definition) is 2. The van der Waals surface area contributed by atoms with Gasteiger partial charge in [-0.05, 0) is 85.8 Å². The number of para-hydroxylation sites is 1. The molecule has 3 aliphatic carbocycles. The number of nitrogens with one attached hydrogen (secondary N) is 2. The highest BCUT2D eigenvalue weighted by Crippen LogP contribution is 2.67. The quantitative estimate of drug-likeness (QED) is 0.347. The predicted octanol–water partition coefficient (Wildman–Crippen LogP) is 6.61. The lowest BCUT2D eigenvalue weighted by Crippen LogP contribution is -2.58. The molecular weight excluding hydrogens is 484 g/mol. The molecule has 3 fully saturated rings. The molecule has 1 aromatic heterocycles. The number of H-pyrrole nitrogens is 1. The van der Waals surface area contributed by atoms with Gasteiger partial charge in [0.15, 0.2) is 0 Å². The average molecular weight is 527 g/mol. The van der Waals surface area contributed by atoms with Crippen molar-refractivity contribution in [1.82, 2.24) is 9.88 Å². The molecule has 6 heteroatoms. The van der Waals surface area contributed by atoms with Gasteiger partial charge in [0.1, 0.15) is 5.54 Å². The molecule has 206 valence electrons. The van der Waals surface area contributed by atoms with Gasteiger partial charge in [-0.3, -0.25) is 9.59 Å². The van der Waals surface area contributed by atoms with E-state index < -0.39 is 5.54 Å². The zero-order valence-corrected chi connectivity index (χ0v) is 24.0. The van der Waals surface area contributed by atoms with E-state index in [4.69, 9.17) is 0 Å². The summed E-state index contributed by atoms with van der Waals surface area (Å²) in [7, 11) is 4.01. The first-order valence-electron chi connectivity index (χ1n) is 14.6. The minimum Gasteiger partial charge on any atom is -0.378 e. The van der Waals surface area contributed by atoms with Crippen molar-refractivity contribution < 1.29 is 9.59 Å². The summed E-state index contributed by atoms with van der Waals surface area (Å²) in [5.74, 6) is 0.749. The number of rotatable bonds is 8. The number of carbonyl (C=O) groups excluding carboxylic acids is 2. The Balaban J connectivity index is 1.24. The third-order valence-corrected chi connectivity index (χ3v) is 9.84. The van der Waals surface area contributed by atoms with Crippen LogP contribution in [0.5, 0.6) is 0 Å². The van der Waals surface area contributed by atoms with Gasteiger partial charge in [-0.15, -0.1) is 0 Å². The van der Waals surface area contributed by atoms with Crippen LogP contribution in [-0.4, -0.2) is 47.4 Å². The number of hydrogen-bond acceptors (Lipinski definition) is 3. The van der Waals surface area contributed by atoms with E-state index in [-0.39, 0.29) is 29.2 Å². The minimum atomic E-state index is -0.746. The Morgan fingerprint density at radius 1 is 1.00 bits per heavy atom. The first kappa shape index (κ1) is 26.0. The zero-order valence-electron chi connectivity index (χ0n) is 24.0. The molecule has 0 unspecified atom stereocenters. The second kappa shape index (κ2) is 9.42. The van der Waals surface area contributed by atoms with E-state index in [9.17, 15) is 9.59 Å². The van der Waals surface area contributed by atoms with Crippen LogP contribution in [0, 0.1) is 18.3 Å². The number of nitrogens with zero attached hydrogens (tertiary/aromatic N) is 2. The Morgan fingerprint density at radius 3 is 2.31 bits per heavy atom. The van der Waals surface area contributed by atoms with Crippen LogP contribution >= 0.6 is 0 Å². The van der Waals surface area contributed by atoms with Crippen LogP contribution in [0.2, 0.25) is 0 Å². The normalized spacial score (nSPS) is 23.0. The molecule has 2 amide bonds. The Hall–Kier alpha value is -3.28. The van der Waals surface area contributed by atoms with Gasteiger partial charge in [-0.1, -0.05) is 44.9 Å². The Bertz CT molecular complexity index is 1390. The Morgan fingerprint density at radius 2 is 1.67 bits per heavy atom. The summed E-state index contributed by atoms with van der Waals surface area (Å²) in [5.41, 5.74) is 4.90.